The van der Waals surface area contributed by atoms with Gasteiger partial charge >= 0.3 is 5.97 Å². The lowest BCUT2D eigenvalue weighted by Gasteiger charge is -2.12. The summed E-state index contributed by atoms with van der Waals surface area (Å²) in [6, 6.07) is 15.6. The number of ether oxygens (including phenoxy) is 1. The van der Waals surface area contributed by atoms with Crippen LogP contribution in [0.2, 0.25) is 0 Å². The van der Waals surface area contributed by atoms with Gasteiger partial charge in [-0.1, -0.05) is 37.3 Å². The molecule has 0 radical (unpaired) electrons. The molecule has 6 nitrogen and oxygen atoms in total. The van der Waals surface area contributed by atoms with Gasteiger partial charge in [0.05, 0.1) is 27.3 Å². The maximum atomic E-state index is 12.3. The van der Waals surface area contributed by atoms with Crippen LogP contribution in [0.25, 0.3) is 11.0 Å². The molecule has 28 heavy (non-hydrogen) atoms. The van der Waals surface area contributed by atoms with Crippen molar-refractivity contribution in [3.63, 3.8) is 0 Å². The van der Waals surface area contributed by atoms with Crippen LogP contribution < -0.4 is 5.32 Å². The van der Waals surface area contributed by atoms with Gasteiger partial charge < -0.3 is 14.5 Å². The van der Waals surface area contributed by atoms with Crippen LogP contribution in [0.3, 0.4) is 0 Å². The topological polar surface area (TPSA) is 85.6 Å². The van der Waals surface area contributed by atoms with E-state index in [0.717, 1.165) is 11.0 Å². The highest BCUT2D eigenvalue weighted by Crippen LogP contribution is 2.23. The molecule has 3 aromatic rings. The Kier molecular flexibility index (Phi) is 6.26. The molecule has 146 valence electrons. The van der Waals surface area contributed by atoms with Gasteiger partial charge in [0, 0.05) is 11.1 Å². The highest BCUT2D eigenvalue weighted by molar-refractivity contribution is 7.85. The summed E-state index contributed by atoms with van der Waals surface area (Å²) in [6.07, 6.45) is 0. The van der Waals surface area contributed by atoms with E-state index in [1.807, 2.05) is 30.3 Å². The van der Waals surface area contributed by atoms with Crippen LogP contribution >= 0.6 is 0 Å². The van der Waals surface area contributed by atoms with Gasteiger partial charge in [-0.15, -0.1) is 0 Å². The van der Waals surface area contributed by atoms with E-state index in [9.17, 15) is 13.8 Å². The lowest BCUT2D eigenvalue weighted by Crippen LogP contribution is -2.31. The number of esters is 1. The first-order valence-corrected chi connectivity index (χ1v) is 10.2. The summed E-state index contributed by atoms with van der Waals surface area (Å²) in [4.78, 5) is 24.9. The van der Waals surface area contributed by atoms with E-state index in [2.05, 4.69) is 5.32 Å². The molecule has 1 amide bonds. The molecule has 0 aliphatic carbocycles. The van der Waals surface area contributed by atoms with Crippen molar-refractivity contribution in [2.45, 2.75) is 24.8 Å². The van der Waals surface area contributed by atoms with Crippen LogP contribution in [0.15, 0.2) is 63.9 Å². The summed E-state index contributed by atoms with van der Waals surface area (Å²) in [5.41, 5.74) is 0.950. The number of amides is 1. The summed E-state index contributed by atoms with van der Waals surface area (Å²) < 4.78 is 22.9. The van der Waals surface area contributed by atoms with Crippen molar-refractivity contribution >= 4 is 33.6 Å². The van der Waals surface area contributed by atoms with Crippen LogP contribution in [0, 0.1) is 0 Å². The third kappa shape index (κ3) is 4.48. The number of furan rings is 1. The SMILES string of the molecule is CC[S@](=O)c1ccccc1C(=O)OCC(=O)N[C@@H](C)c1cc2ccccc2o1. The summed E-state index contributed by atoms with van der Waals surface area (Å²) in [5.74, 6) is -0.122. The molecule has 2 atom stereocenters. The zero-order valence-electron chi connectivity index (χ0n) is 15.6. The molecule has 1 N–H and O–H groups in total. The van der Waals surface area contributed by atoms with E-state index in [0.29, 0.717) is 16.4 Å². The molecule has 0 bridgehead atoms. The number of hydrogen-bond donors (Lipinski definition) is 1. The molecule has 1 heterocycles. The van der Waals surface area contributed by atoms with Gasteiger partial charge in [0.1, 0.15) is 11.3 Å². The Bertz CT molecular complexity index is 993. The lowest BCUT2D eigenvalue weighted by molar-refractivity contribution is -0.125. The number of carbonyl (C=O) groups excluding carboxylic acids is 2. The fraction of sp³-hybridized carbons (Fsp3) is 0.238. The summed E-state index contributed by atoms with van der Waals surface area (Å²) >= 11 is 0. The third-order valence-corrected chi connectivity index (χ3v) is 5.57. The fourth-order valence-electron chi connectivity index (χ4n) is 2.77. The third-order valence-electron chi connectivity index (χ3n) is 4.20. The Morgan fingerprint density at radius 2 is 1.86 bits per heavy atom. The van der Waals surface area contributed by atoms with Crippen molar-refractivity contribution in [2.24, 2.45) is 0 Å². The second kappa shape index (κ2) is 8.84. The largest absolute Gasteiger partial charge is 0.459 e. The predicted octanol–water partition coefficient (Wildman–Crippen LogP) is 3.59. The number of hydrogen-bond acceptors (Lipinski definition) is 5. The molecule has 7 heteroatoms. The van der Waals surface area contributed by atoms with Gasteiger partial charge in [-0.05, 0) is 31.2 Å². The number of para-hydroxylation sites is 1. The molecule has 0 saturated carbocycles. The van der Waals surface area contributed by atoms with Crippen LogP contribution in [0.4, 0.5) is 0 Å². The second-order valence-electron chi connectivity index (χ2n) is 6.18. The van der Waals surface area contributed by atoms with Crippen molar-refractivity contribution in [1.29, 1.82) is 0 Å². The number of benzene rings is 2. The smallest absolute Gasteiger partial charge is 0.339 e. The van der Waals surface area contributed by atoms with Crippen molar-refractivity contribution in [3.8, 4) is 0 Å². The fourth-order valence-corrected chi connectivity index (χ4v) is 3.71. The Balaban J connectivity index is 1.59. The highest BCUT2D eigenvalue weighted by atomic mass is 32.2. The van der Waals surface area contributed by atoms with E-state index in [-0.39, 0.29) is 11.6 Å². The van der Waals surface area contributed by atoms with E-state index < -0.39 is 29.3 Å². The van der Waals surface area contributed by atoms with Crippen LogP contribution in [0.1, 0.15) is 36.0 Å². The molecule has 0 fully saturated rings. The monoisotopic (exact) mass is 399 g/mol. The van der Waals surface area contributed by atoms with Crippen LogP contribution in [-0.4, -0.2) is 28.4 Å². The molecule has 1 aromatic heterocycles. The number of nitrogens with one attached hydrogen (secondary N) is 1. The van der Waals surface area contributed by atoms with E-state index in [1.165, 1.54) is 0 Å². The molecule has 0 spiro atoms. The molecule has 3 rings (SSSR count). The minimum absolute atomic E-state index is 0.209. The maximum absolute atomic E-state index is 12.3. The van der Waals surface area contributed by atoms with Crippen molar-refractivity contribution in [2.75, 3.05) is 12.4 Å². The molecule has 0 aliphatic heterocycles. The van der Waals surface area contributed by atoms with Gasteiger partial charge in [-0.25, -0.2) is 4.79 Å². The van der Waals surface area contributed by atoms with Gasteiger partial charge in [0.2, 0.25) is 0 Å². The molecule has 0 unspecified atom stereocenters. The minimum Gasteiger partial charge on any atom is -0.459 e. The predicted molar refractivity (Wildman–Crippen MR) is 106 cm³/mol. The number of carbonyl (C=O) groups is 2. The van der Waals surface area contributed by atoms with Gasteiger partial charge in [0.25, 0.3) is 5.91 Å². The summed E-state index contributed by atoms with van der Waals surface area (Å²) in [7, 11) is -1.29. The Morgan fingerprint density at radius 3 is 2.61 bits per heavy atom. The van der Waals surface area contributed by atoms with E-state index >= 15 is 0 Å². The number of fused-ring (bicyclic) bond motifs is 1. The van der Waals surface area contributed by atoms with Crippen molar-refractivity contribution in [1.82, 2.24) is 5.32 Å². The highest BCUT2D eigenvalue weighted by Gasteiger charge is 2.19. The summed E-state index contributed by atoms with van der Waals surface area (Å²) in [6.45, 7) is 3.12. The number of rotatable bonds is 7. The Labute approximate surface area is 165 Å². The van der Waals surface area contributed by atoms with Crippen LogP contribution in [-0.2, 0) is 20.3 Å². The first-order valence-electron chi connectivity index (χ1n) is 8.92. The molecule has 0 saturated heterocycles. The quantitative estimate of drug-likeness (QED) is 0.614. The Morgan fingerprint density at radius 1 is 1.14 bits per heavy atom. The minimum atomic E-state index is -1.29. The zero-order valence-corrected chi connectivity index (χ0v) is 16.5. The van der Waals surface area contributed by atoms with E-state index in [4.69, 9.17) is 9.15 Å². The normalized spacial score (nSPS) is 13.1. The molecular formula is C21H21NO5S. The van der Waals surface area contributed by atoms with Gasteiger partial charge in [-0.3, -0.25) is 9.00 Å². The first kappa shape index (κ1) is 19.8. The molecular weight excluding hydrogens is 378 g/mol. The standard InChI is InChI=1S/C21H21NO5S/c1-3-28(25)19-11-7-5-9-16(19)21(24)26-13-20(23)22-14(2)18-12-15-8-4-6-10-17(15)27-18/h4-12,14H,3,13H2,1-2H3,(H,22,23)/t14-,28-/m0/s1. The summed E-state index contributed by atoms with van der Waals surface area (Å²) in [5, 5.41) is 3.69. The van der Waals surface area contributed by atoms with Crippen molar-refractivity contribution in [3.05, 3.63) is 65.9 Å². The molecule has 0 aliphatic rings. The maximum Gasteiger partial charge on any atom is 0.339 e. The van der Waals surface area contributed by atoms with Gasteiger partial charge in [-0.2, -0.15) is 0 Å². The second-order valence-corrected chi connectivity index (χ2v) is 7.89. The first-order chi connectivity index (χ1) is 13.5. The molecule has 2 aromatic carbocycles. The average Bonchev–Trinajstić information content (AvgIpc) is 3.16. The van der Waals surface area contributed by atoms with Gasteiger partial charge in [0.15, 0.2) is 6.61 Å². The van der Waals surface area contributed by atoms with Crippen molar-refractivity contribution < 1.29 is 23.0 Å². The van der Waals surface area contributed by atoms with E-state index in [1.54, 1.807) is 38.1 Å². The zero-order chi connectivity index (χ0) is 20.1. The average molecular weight is 399 g/mol. The lowest BCUT2D eigenvalue weighted by atomic mass is 10.2. The Hall–Kier alpha value is -2.93. The van der Waals surface area contributed by atoms with Crippen LogP contribution in [0.5, 0.6) is 0 Å².